The van der Waals surface area contributed by atoms with Gasteiger partial charge in [-0.25, -0.2) is 4.98 Å². The van der Waals surface area contributed by atoms with Crippen molar-refractivity contribution in [3.05, 3.63) is 53.7 Å². The number of halogens is 3. The fourth-order valence-electron chi connectivity index (χ4n) is 1.50. The number of nitrogens with one attached hydrogen (secondary N) is 1. The molecule has 0 aliphatic carbocycles. The number of nitrogens with two attached hydrogens (primary N) is 1. The van der Waals surface area contributed by atoms with E-state index in [0.717, 1.165) is 12.1 Å². The number of pyridine rings is 1. The van der Waals surface area contributed by atoms with E-state index in [4.69, 9.17) is 18.0 Å². The maximum absolute atomic E-state index is 12.4. The molecule has 0 bridgehead atoms. The van der Waals surface area contributed by atoms with E-state index in [2.05, 4.69) is 10.3 Å². The lowest BCUT2D eigenvalue weighted by molar-refractivity contribution is -0.137. The fourth-order valence-corrected chi connectivity index (χ4v) is 1.62. The highest BCUT2D eigenvalue weighted by Crippen LogP contribution is 2.30. The van der Waals surface area contributed by atoms with E-state index in [0.29, 0.717) is 17.1 Å². The Morgan fingerprint density at radius 1 is 1.10 bits per heavy atom. The summed E-state index contributed by atoms with van der Waals surface area (Å²) < 4.78 is 37.2. The van der Waals surface area contributed by atoms with Gasteiger partial charge in [-0.1, -0.05) is 12.2 Å². The zero-order chi connectivity index (χ0) is 14.8. The molecule has 1 heterocycles. The number of benzene rings is 1. The van der Waals surface area contributed by atoms with Gasteiger partial charge in [0.2, 0.25) is 0 Å². The first-order chi connectivity index (χ1) is 9.36. The minimum Gasteiger partial charge on any atom is -0.389 e. The molecule has 2 aromatic rings. The van der Waals surface area contributed by atoms with Gasteiger partial charge in [-0.05, 0) is 36.4 Å². The largest absolute Gasteiger partial charge is 0.416 e. The van der Waals surface area contributed by atoms with Gasteiger partial charge in [0.25, 0.3) is 0 Å². The van der Waals surface area contributed by atoms with Crippen LogP contribution in [0.4, 0.5) is 24.7 Å². The lowest BCUT2D eigenvalue weighted by Gasteiger charge is -2.09. The van der Waals surface area contributed by atoms with Crippen LogP contribution in [0.5, 0.6) is 0 Å². The molecule has 0 amide bonds. The fraction of sp³-hybridized carbons (Fsp3) is 0.0769. The van der Waals surface area contributed by atoms with E-state index in [-0.39, 0.29) is 4.99 Å². The van der Waals surface area contributed by atoms with Crippen LogP contribution in [0.2, 0.25) is 0 Å². The first-order valence-corrected chi connectivity index (χ1v) is 5.97. The van der Waals surface area contributed by atoms with Crippen LogP contribution >= 0.6 is 12.2 Å². The molecule has 0 saturated carbocycles. The summed E-state index contributed by atoms with van der Waals surface area (Å²) >= 11 is 4.80. The lowest BCUT2D eigenvalue weighted by atomic mass is 10.2. The average Bonchev–Trinajstić information content (AvgIpc) is 2.39. The highest BCUT2D eigenvalue weighted by Gasteiger charge is 2.29. The molecule has 0 radical (unpaired) electrons. The Bertz CT molecular complexity index is 606. The normalized spacial score (nSPS) is 11.2. The molecule has 0 aliphatic heterocycles. The SMILES string of the molecule is NC(=S)c1ccc(Nc2ccc(C(F)(F)F)cc2)nc1. The number of alkyl halides is 3. The van der Waals surface area contributed by atoms with Crippen molar-refractivity contribution in [3.8, 4) is 0 Å². The van der Waals surface area contributed by atoms with Crippen LogP contribution in [0.3, 0.4) is 0 Å². The van der Waals surface area contributed by atoms with E-state index in [9.17, 15) is 13.2 Å². The van der Waals surface area contributed by atoms with Crippen LogP contribution in [0.15, 0.2) is 42.6 Å². The van der Waals surface area contributed by atoms with Crippen LogP contribution in [0.25, 0.3) is 0 Å². The van der Waals surface area contributed by atoms with Gasteiger partial charge in [0, 0.05) is 17.4 Å². The van der Waals surface area contributed by atoms with Gasteiger partial charge in [-0.3, -0.25) is 0 Å². The first kappa shape index (κ1) is 14.3. The zero-order valence-electron chi connectivity index (χ0n) is 10.1. The number of nitrogens with zero attached hydrogens (tertiary/aromatic N) is 1. The number of anilines is 2. The summed E-state index contributed by atoms with van der Waals surface area (Å²) in [6.07, 6.45) is -2.84. The second-order valence-electron chi connectivity index (χ2n) is 4.00. The molecular formula is C13H10F3N3S. The maximum atomic E-state index is 12.4. The number of aromatic nitrogens is 1. The predicted molar refractivity (Wildman–Crippen MR) is 74.9 cm³/mol. The van der Waals surface area contributed by atoms with Crippen molar-refractivity contribution in [3.63, 3.8) is 0 Å². The third-order valence-corrected chi connectivity index (χ3v) is 2.77. The van der Waals surface area contributed by atoms with Crippen LogP contribution < -0.4 is 11.1 Å². The number of hydrogen-bond donors (Lipinski definition) is 2. The number of hydrogen-bond acceptors (Lipinski definition) is 3. The molecule has 7 heteroatoms. The Morgan fingerprint density at radius 2 is 1.75 bits per heavy atom. The maximum Gasteiger partial charge on any atom is 0.416 e. The van der Waals surface area contributed by atoms with Crippen molar-refractivity contribution in [1.82, 2.24) is 4.98 Å². The van der Waals surface area contributed by atoms with Crippen molar-refractivity contribution in [2.75, 3.05) is 5.32 Å². The van der Waals surface area contributed by atoms with Gasteiger partial charge >= 0.3 is 6.18 Å². The monoisotopic (exact) mass is 297 g/mol. The molecule has 1 aromatic carbocycles. The number of thiocarbonyl (C=S) groups is 1. The quantitative estimate of drug-likeness (QED) is 0.852. The Balaban J connectivity index is 2.12. The molecule has 0 unspecified atom stereocenters. The smallest absolute Gasteiger partial charge is 0.389 e. The summed E-state index contributed by atoms with van der Waals surface area (Å²) in [6.45, 7) is 0. The highest BCUT2D eigenvalue weighted by atomic mass is 32.1. The Kier molecular flexibility index (Phi) is 3.89. The summed E-state index contributed by atoms with van der Waals surface area (Å²) in [5.41, 5.74) is 5.87. The van der Waals surface area contributed by atoms with Crippen LogP contribution in [-0.4, -0.2) is 9.97 Å². The minimum atomic E-state index is -4.34. The molecule has 3 N–H and O–H groups in total. The molecule has 2 rings (SSSR count). The van der Waals surface area contributed by atoms with E-state index in [1.165, 1.54) is 18.3 Å². The molecule has 104 valence electrons. The molecular weight excluding hydrogens is 287 g/mol. The molecule has 1 aromatic heterocycles. The average molecular weight is 297 g/mol. The second kappa shape index (κ2) is 5.46. The zero-order valence-corrected chi connectivity index (χ0v) is 10.9. The third kappa shape index (κ3) is 3.45. The summed E-state index contributed by atoms with van der Waals surface area (Å²) in [5, 5.41) is 2.89. The Hall–Kier alpha value is -2.15. The summed E-state index contributed by atoms with van der Waals surface area (Å²) in [7, 11) is 0. The summed E-state index contributed by atoms with van der Waals surface area (Å²) in [6, 6.07) is 8.02. The lowest BCUT2D eigenvalue weighted by Crippen LogP contribution is -2.09. The molecule has 20 heavy (non-hydrogen) atoms. The second-order valence-corrected chi connectivity index (χ2v) is 4.44. The number of rotatable bonds is 3. The van der Waals surface area contributed by atoms with E-state index < -0.39 is 11.7 Å². The van der Waals surface area contributed by atoms with Gasteiger partial charge in [-0.2, -0.15) is 13.2 Å². The topological polar surface area (TPSA) is 50.9 Å². The molecule has 0 spiro atoms. The van der Waals surface area contributed by atoms with E-state index >= 15 is 0 Å². The third-order valence-electron chi connectivity index (χ3n) is 2.53. The minimum absolute atomic E-state index is 0.235. The molecule has 3 nitrogen and oxygen atoms in total. The predicted octanol–water partition coefficient (Wildman–Crippen LogP) is 3.48. The van der Waals surface area contributed by atoms with Crippen molar-refractivity contribution in [1.29, 1.82) is 0 Å². The van der Waals surface area contributed by atoms with Gasteiger partial charge in [0.1, 0.15) is 10.8 Å². The van der Waals surface area contributed by atoms with Crippen LogP contribution in [-0.2, 0) is 6.18 Å². The van der Waals surface area contributed by atoms with Crippen LogP contribution in [0.1, 0.15) is 11.1 Å². The summed E-state index contributed by atoms with van der Waals surface area (Å²) in [5.74, 6) is 0.491. The van der Waals surface area contributed by atoms with Gasteiger partial charge in [0.15, 0.2) is 0 Å². The standard InChI is InChI=1S/C13H10F3N3S/c14-13(15,16)9-2-4-10(5-3-9)19-11-6-1-8(7-18-11)12(17)20/h1-7H,(H2,17,20)(H,18,19). The van der Waals surface area contributed by atoms with Crippen molar-refractivity contribution in [2.24, 2.45) is 5.73 Å². The Morgan fingerprint density at radius 3 is 2.20 bits per heavy atom. The van der Waals surface area contributed by atoms with Crippen molar-refractivity contribution in [2.45, 2.75) is 6.18 Å². The van der Waals surface area contributed by atoms with E-state index in [1.807, 2.05) is 0 Å². The van der Waals surface area contributed by atoms with E-state index in [1.54, 1.807) is 12.1 Å². The van der Waals surface area contributed by atoms with Crippen molar-refractivity contribution < 1.29 is 13.2 Å². The van der Waals surface area contributed by atoms with Gasteiger partial charge in [0.05, 0.1) is 5.56 Å². The first-order valence-electron chi connectivity index (χ1n) is 5.56. The molecule has 0 fully saturated rings. The molecule has 0 atom stereocenters. The van der Waals surface area contributed by atoms with Gasteiger partial charge < -0.3 is 11.1 Å². The van der Waals surface area contributed by atoms with Gasteiger partial charge in [-0.15, -0.1) is 0 Å². The van der Waals surface area contributed by atoms with Crippen LogP contribution in [0, 0.1) is 0 Å². The van der Waals surface area contributed by atoms with Crippen molar-refractivity contribution >= 4 is 28.7 Å². The Labute approximate surface area is 118 Å². The molecule has 0 aliphatic rings. The molecule has 0 saturated heterocycles. The highest BCUT2D eigenvalue weighted by molar-refractivity contribution is 7.80. The summed E-state index contributed by atoms with van der Waals surface area (Å²) in [4.78, 5) is 4.30.